The van der Waals surface area contributed by atoms with Gasteiger partial charge in [-0.3, -0.25) is 4.79 Å². The minimum absolute atomic E-state index is 0.00692. The Morgan fingerprint density at radius 1 is 0.968 bits per heavy atom. The molecule has 2 aromatic carbocycles. The minimum atomic E-state index is 0.00692. The number of hydrogen-bond acceptors (Lipinski definition) is 3. The van der Waals surface area contributed by atoms with Crippen molar-refractivity contribution < 1.29 is 4.79 Å². The molecule has 0 aliphatic carbocycles. The molecule has 158 valence electrons. The van der Waals surface area contributed by atoms with E-state index in [2.05, 4.69) is 30.4 Å². The van der Waals surface area contributed by atoms with Crippen LogP contribution >= 0.6 is 0 Å². The number of hydrogen-bond donors (Lipinski definition) is 1. The first kappa shape index (κ1) is 20.8. The topological polar surface area (TPSA) is 59.3 Å². The molecule has 0 saturated carbocycles. The van der Waals surface area contributed by atoms with Gasteiger partial charge in [-0.2, -0.15) is 5.10 Å². The Labute approximate surface area is 183 Å². The molecule has 0 saturated heterocycles. The summed E-state index contributed by atoms with van der Waals surface area (Å²) in [5.74, 6) is 0.00692. The average molecular weight is 413 g/mol. The molecule has 0 spiro atoms. The molecule has 0 aliphatic rings. The summed E-state index contributed by atoms with van der Waals surface area (Å²) in [6.45, 7) is 10.1. The smallest absolute Gasteiger partial charge is 0.224 e. The number of carbonyl (C=O) groups excluding carboxylic acids is 1. The fourth-order valence-corrected chi connectivity index (χ4v) is 4.18. The van der Waals surface area contributed by atoms with Crippen molar-refractivity contribution in [3.8, 4) is 11.1 Å². The zero-order valence-electron chi connectivity index (χ0n) is 18.8. The van der Waals surface area contributed by atoms with Crippen LogP contribution in [-0.2, 0) is 11.2 Å². The molecule has 0 atom stereocenters. The molecule has 0 fully saturated rings. The molecular weight excluding hydrogens is 384 g/mol. The van der Waals surface area contributed by atoms with Crippen molar-refractivity contribution in [3.05, 3.63) is 82.3 Å². The van der Waals surface area contributed by atoms with E-state index in [1.807, 2.05) is 62.5 Å². The number of benzene rings is 2. The molecule has 0 radical (unpaired) electrons. The van der Waals surface area contributed by atoms with Crippen molar-refractivity contribution in [3.63, 3.8) is 0 Å². The highest BCUT2D eigenvalue weighted by atomic mass is 16.1. The van der Waals surface area contributed by atoms with Gasteiger partial charge in [0.2, 0.25) is 5.91 Å². The van der Waals surface area contributed by atoms with E-state index in [1.54, 1.807) is 0 Å². The largest absolute Gasteiger partial charge is 0.326 e. The molecule has 2 aromatic heterocycles. The van der Waals surface area contributed by atoms with Gasteiger partial charge in [-0.15, -0.1) is 0 Å². The summed E-state index contributed by atoms with van der Waals surface area (Å²) in [6.07, 6.45) is 1.02. The molecule has 5 nitrogen and oxygen atoms in total. The number of aromatic nitrogens is 3. The SMILES string of the molecule is Cc1ccc(NC(=O)CCc2c(C)nc3c(-c4ccccc4)c(C)nn3c2C)c(C)c1. The van der Waals surface area contributed by atoms with Gasteiger partial charge in [0, 0.05) is 29.1 Å². The molecule has 31 heavy (non-hydrogen) atoms. The van der Waals surface area contributed by atoms with E-state index in [1.165, 1.54) is 5.56 Å². The van der Waals surface area contributed by atoms with E-state index in [9.17, 15) is 4.79 Å². The quantitative estimate of drug-likeness (QED) is 0.470. The second-order valence-electron chi connectivity index (χ2n) is 8.19. The molecule has 0 unspecified atom stereocenters. The standard InChI is InChI=1S/C26H28N4O/c1-16-11-13-23(17(2)15-16)28-24(31)14-12-22-18(3)27-26-25(21-9-7-6-8-10-21)19(4)29-30(26)20(22)5/h6-11,13,15H,12,14H2,1-5H3,(H,28,31). The van der Waals surface area contributed by atoms with Crippen molar-refractivity contribution in [2.24, 2.45) is 0 Å². The van der Waals surface area contributed by atoms with E-state index in [0.29, 0.717) is 12.8 Å². The van der Waals surface area contributed by atoms with Gasteiger partial charge in [0.1, 0.15) is 0 Å². The maximum Gasteiger partial charge on any atom is 0.224 e. The normalized spacial score (nSPS) is 11.1. The van der Waals surface area contributed by atoms with Gasteiger partial charge in [-0.1, -0.05) is 48.0 Å². The van der Waals surface area contributed by atoms with E-state index in [4.69, 9.17) is 10.1 Å². The van der Waals surface area contributed by atoms with Crippen LogP contribution in [0, 0.1) is 34.6 Å². The number of nitrogens with one attached hydrogen (secondary N) is 1. The lowest BCUT2D eigenvalue weighted by molar-refractivity contribution is -0.116. The summed E-state index contributed by atoms with van der Waals surface area (Å²) < 4.78 is 1.92. The van der Waals surface area contributed by atoms with Gasteiger partial charge in [-0.25, -0.2) is 9.50 Å². The molecule has 0 aliphatic heterocycles. The third-order valence-corrected chi connectivity index (χ3v) is 5.82. The third-order valence-electron chi connectivity index (χ3n) is 5.82. The Bertz CT molecular complexity index is 1270. The van der Waals surface area contributed by atoms with Gasteiger partial charge in [0.05, 0.1) is 5.69 Å². The van der Waals surface area contributed by atoms with Crippen LogP contribution < -0.4 is 5.32 Å². The predicted molar refractivity (Wildman–Crippen MR) is 126 cm³/mol. The minimum Gasteiger partial charge on any atom is -0.326 e. The Balaban J connectivity index is 1.59. The lowest BCUT2D eigenvalue weighted by Gasteiger charge is -2.13. The molecule has 1 amide bonds. The zero-order chi connectivity index (χ0) is 22.1. The number of rotatable bonds is 5. The van der Waals surface area contributed by atoms with Gasteiger partial charge < -0.3 is 5.32 Å². The van der Waals surface area contributed by atoms with Crippen molar-refractivity contribution in [1.29, 1.82) is 0 Å². The van der Waals surface area contributed by atoms with Crippen LogP contribution in [-0.4, -0.2) is 20.5 Å². The Hall–Kier alpha value is -3.47. The average Bonchev–Trinajstić information content (AvgIpc) is 3.06. The van der Waals surface area contributed by atoms with Gasteiger partial charge in [-0.05, 0) is 63.8 Å². The summed E-state index contributed by atoms with van der Waals surface area (Å²) in [5.41, 5.74) is 10.2. The summed E-state index contributed by atoms with van der Waals surface area (Å²) >= 11 is 0. The van der Waals surface area contributed by atoms with Crippen LogP contribution in [0.4, 0.5) is 5.69 Å². The number of fused-ring (bicyclic) bond motifs is 1. The highest BCUT2D eigenvalue weighted by Crippen LogP contribution is 2.29. The van der Waals surface area contributed by atoms with Gasteiger partial charge in [0.25, 0.3) is 0 Å². The highest BCUT2D eigenvalue weighted by Gasteiger charge is 2.18. The number of aryl methyl sites for hydroxylation is 5. The van der Waals surface area contributed by atoms with Crippen LogP contribution in [0.2, 0.25) is 0 Å². The first-order chi connectivity index (χ1) is 14.8. The summed E-state index contributed by atoms with van der Waals surface area (Å²) in [5, 5.41) is 7.80. The van der Waals surface area contributed by atoms with Gasteiger partial charge in [0.15, 0.2) is 5.65 Å². The van der Waals surface area contributed by atoms with E-state index in [0.717, 1.165) is 50.7 Å². The van der Waals surface area contributed by atoms with Crippen LogP contribution in [0.25, 0.3) is 16.8 Å². The molecular formula is C26H28N4O. The molecule has 0 bridgehead atoms. The van der Waals surface area contributed by atoms with E-state index < -0.39 is 0 Å². The monoisotopic (exact) mass is 412 g/mol. The number of amides is 1. The van der Waals surface area contributed by atoms with E-state index in [-0.39, 0.29) is 5.91 Å². The van der Waals surface area contributed by atoms with E-state index >= 15 is 0 Å². The maximum absolute atomic E-state index is 12.6. The molecule has 1 N–H and O–H groups in total. The predicted octanol–water partition coefficient (Wildman–Crippen LogP) is 5.51. The summed E-state index contributed by atoms with van der Waals surface area (Å²) in [6, 6.07) is 16.3. The molecule has 4 aromatic rings. The summed E-state index contributed by atoms with van der Waals surface area (Å²) in [7, 11) is 0. The highest BCUT2D eigenvalue weighted by molar-refractivity contribution is 5.91. The molecule has 2 heterocycles. The molecule has 4 rings (SSSR count). The van der Waals surface area contributed by atoms with Crippen LogP contribution in [0.5, 0.6) is 0 Å². The van der Waals surface area contributed by atoms with Crippen molar-refractivity contribution in [1.82, 2.24) is 14.6 Å². The van der Waals surface area contributed by atoms with Crippen molar-refractivity contribution in [2.45, 2.75) is 47.5 Å². The first-order valence-electron chi connectivity index (χ1n) is 10.6. The first-order valence-corrected chi connectivity index (χ1v) is 10.6. The van der Waals surface area contributed by atoms with Crippen molar-refractivity contribution in [2.75, 3.05) is 5.32 Å². The molecule has 5 heteroatoms. The number of carbonyl (C=O) groups is 1. The Morgan fingerprint density at radius 2 is 1.71 bits per heavy atom. The van der Waals surface area contributed by atoms with Crippen molar-refractivity contribution >= 4 is 17.2 Å². The number of nitrogens with zero attached hydrogens (tertiary/aromatic N) is 3. The second-order valence-corrected chi connectivity index (χ2v) is 8.19. The Morgan fingerprint density at radius 3 is 2.42 bits per heavy atom. The zero-order valence-corrected chi connectivity index (χ0v) is 18.8. The number of anilines is 1. The lowest BCUT2D eigenvalue weighted by atomic mass is 10.0. The summed E-state index contributed by atoms with van der Waals surface area (Å²) in [4.78, 5) is 17.5. The fraction of sp³-hybridized carbons (Fsp3) is 0.269. The second kappa shape index (κ2) is 8.34. The maximum atomic E-state index is 12.6. The Kier molecular flexibility index (Phi) is 5.59. The van der Waals surface area contributed by atoms with Crippen LogP contribution in [0.3, 0.4) is 0 Å². The van der Waals surface area contributed by atoms with Crippen LogP contribution in [0.1, 0.15) is 40.2 Å². The van der Waals surface area contributed by atoms with Gasteiger partial charge >= 0.3 is 0 Å². The lowest BCUT2D eigenvalue weighted by Crippen LogP contribution is -2.15. The van der Waals surface area contributed by atoms with Crippen LogP contribution in [0.15, 0.2) is 48.5 Å². The fourth-order valence-electron chi connectivity index (χ4n) is 4.18. The third kappa shape index (κ3) is 4.08.